The van der Waals surface area contributed by atoms with Crippen molar-refractivity contribution in [2.75, 3.05) is 6.61 Å². The molecule has 11 nitrogen and oxygen atoms in total. The summed E-state index contributed by atoms with van der Waals surface area (Å²) in [5.74, 6) is -2.48. The highest BCUT2D eigenvalue weighted by atomic mass is 16.7. The first-order valence-electron chi connectivity index (χ1n) is 10.5. The van der Waals surface area contributed by atoms with Crippen molar-refractivity contribution in [1.29, 1.82) is 0 Å². The van der Waals surface area contributed by atoms with E-state index in [2.05, 4.69) is 4.98 Å². The average Bonchev–Trinajstić information content (AvgIpc) is 2.75. The Labute approximate surface area is 195 Å². The Morgan fingerprint density at radius 3 is 2.03 bits per heavy atom. The lowest BCUT2D eigenvalue weighted by Gasteiger charge is -2.43. The normalized spacial score (nSPS) is 24.1. The number of ether oxygens (including phenoxy) is 6. The number of pyridine rings is 1. The summed E-state index contributed by atoms with van der Waals surface area (Å²) in [6.45, 7) is 4.37. The summed E-state index contributed by atoms with van der Waals surface area (Å²) < 4.78 is 32.9. The zero-order chi connectivity index (χ0) is 24.8. The monoisotopic (exact) mass is 475 g/mol. The lowest BCUT2D eigenvalue weighted by molar-refractivity contribution is -0.298. The number of fused-ring (bicyclic) bond motifs is 1. The van der Waals surface area contributed by atoms with Crippen LogP contribution in [0.1, 0.15) is 27.7 Å². The van der Waals surface area contributed by atoms with Gasteiger partial charge in [-0.3, -0.25) is 24.2 Å². The molecule has 3 rings (SSSR count). The third-order valence-electron chi connectivity index (χ3n) is 4.78. The smallest absolute Gasteiger partial charge is 0.305 e. The van der Waals surface area contributed by atoms with E-state index in [0.717, 1.165) is 33.1 Å². The lowest BCUT2D eigenvalue weighted by atomic mass is 9.98. The van der Waals surface area contributed by atoms with Crippen LogP contribution in [-0.4, -0.2) is 66.2 Å². The molecule has 2 aromatic rings. The maximum Gasteiger partial charge on any atom is 0.305 e. The average molecular weight is 475 g/mol. The van der Waals surface area contributed by atoms with Crippen LogP contribution in [0.3, 0.4) is 0 Å². The predicted molar refractivity (Wildman–Crippen MR) is 114 cm³/mol. The summed E-state index contributed by atoms with van der Waals surface area (Å²) in [6.07, 6.45) is -4.85. The minimum atomic E-state index is -1.45. The fourth-order valence-electron chi connectivity index (χ4n) is 3.61. The molecular weight excluding hydrogens is 450 g/mol. The van der Waals surface area contributed by atoms with E-state index in [0.29, 0.717) is 11.3 Å². The van der Waals surface area contributed by atoms with E-state index in [9.17, 15) is 19.2 Å². The zero-order valence-corrected chi connectivity index (χ0v) is 19.1. The van der Waals surface area contributed by atoms with Gasteiger partial charge in [0.25, 0.3) is 0 Å². The second-order valence-electron chi connectivity index (χ2n) is 7.52. The molecule has 1 fully saturated rings. The molecule has 0 bridgehead atoms. The van der Waals surface area contributed by atoms with Crippen LogP contribution in [0.25, 0.3) is 10.9 Å². The molecule has 1 saturated heterocycles. The van der Waals surface area contributed by atoms with Gasteiger partial charge in [0, 0.05) is 39.3 Å². The summed E-state index contributed by atoms with van der Waals surface area (Å²) in [4.78, 5) is 51.4. The van der Waals surface area contributed by atoms with Crippen molar-refractivity contribution >= 4 is 34.8 Å². The van der Waals surface area contributed by atoms with Gasteiger partial charge in [-0.2, -0.15) is 0 Å². The van der Waals surface area contributed by atoms with Crippen molar-refractivity contribution in [1.82, 2.24) is 4.98 Å². The maximum absolute atomic E-state index is 11.9. The molecule has 0 amide bonds. The summed E-state index contributed by atoms with van der Waals surface area (Å²) in [5.41, 5.74) is 0.593. The Morgan fingerprint density at radius 2 is 1.38 bits per heavy atom. The highest BCUT2D eigenvalue weighted by Crippen LogP contribution is 2.31. The Hall–Kier alpha value is -3.73. The third-order valence-corrected chi connectivity index (χ3v) is 4.78. The van der Waals surface area contributed by atoms with E-state index in [1.165, 1.54) is 0 Å². The van der Waals surface area contributed by atoms with Crippen LogP contribution in [0.4, 0.5) is 0 Å². The third kappa shape index (κ3) is 6.19. The molecule has 0 radical (unpaired) electrons. The van der Waals surface area contributed by atoms with E-state index in [4.69, 9.17) is 28.4 Å². The molecule has 0 N–H and O–H groups in total. The lowest BCUT2D eigenvalue weighted by Crippen LogP contribution is -2.63. The first kappa shape index (κ1) is 24.9. The standard InChI is InChI=1S/C23H25NO10/c1-12(25)30-20-18(11-29-17-9-5-7-16-8-6-10-24-19(16)17)34-23(33-15(4)28)22(32-14(3)27)21(20)31-13(2)26/h5-10,18,20-23H,11H2,1-4H3/t18-,20-,21+,22-,23-/m1/s1. The van der Waals surface area contributed by atoms with Crippen LogP contribution in [0, 0.1) is 0 Å². The summed E-state index contributed by atoms with van der Waals surface area (Å²) >= 11 is 0. The summed E-state index contributed by atoms with van der Waals surface area (Å²) in [7, 11) is 0. The Kier molecular flexibility index (Phi) is 8.00. The number of nitrogens with zero attached hydrogens (tertiary/aromatic N) is 1. The first-order chi connectivity index (χ1) is 16.2. The molecule has 1 aliphatic rings. The fourth-order valence-corrected chi connectivity index (χ4v) is 3.61. The first-order valence-corrected chi connectivity index (χ1v) is 10.5. The zero-order valence-electron chi connectivity index (χ0n) is 19.1. The van der Waals surface area contributed by atoms with E-state index >= 15 is 0 Å². The van der Waals surface area contributed by atoms with Crippen LogP contribution in [0.5, 0.6) is 5.75 Å². The number of carbonyl (C=O) groups excluding carboxylic acids is 4. The SMILES string of the molecule is CC(=O)O[C@@H]1O[C@H](COc2cccc3cccnc23)[C@@H](OC(C)=O)[C@H](OC(C)=O)[C@H]1OC(C)=O. The van der Waals surface area contributed by atoms with Crippen molar-refractivity contribution in [2.45, 2.75) is 58.4 Å². The molecule has 1 aromatic carbocycles. The van der Waals surface area contributed by atoms with Crippen molar-refractivity contribution in [2.24, 2.45) is 0 Å². The molecule has 11 heteroatoms. The van der Waals surface area contributed by atoms with Gasteiger partial charge in [0.1, 0.15) is 24.0 Å². The van der Waals surface area contributed by atoms with Gasteiger partial charge in [-0.1, -0.05) is 18.2 Å². The van der Waals surface area contributed by atoms with E-state index in [1.54, 1.807) is 24.4 Å². The molecule has 1 aliphatic heterocycles. The molecular formula is C23H25NO10. The second-order valence-corrected chi connectivity index (χ2v) is 7.52. The minimum Gasteiger partial charge on any atom is -0.488 e. The van der Waals surface area contributed by atoms with E-state index in [1.807, 2.05) is 12.1 Å². The number of carbonyl (C=O) groups is 4. The van der Waals surface area contributed by atoms with Gasteiger partial charge in [-0.15, -0.1) is 0 Å². The van der Waals surface area contributed by atoms with Crippen molar-refractivity contribution in [3.63, 3.8) is 0 Å². The number of aromatic nitrogens is 1. The van der Waals surface area contributed by atoms with Crippen molar-refractivity contribution in [3.05, 3.63) is 36.5 Å². The van der Waals surface area contributed by atoms with Crippen LogP contribution >= 0.6 is 0 Å². The largest absolute Gasteiger partial charge is 0.488 e. The Balaban J connectivity index is 1.94. The van der Waals surface area contributed by atoms with E-state index in [-0.39, 0.29) is 6.61 Å². The highest BCUT2D eigenvalue weighted by Gasteiger charge is 2.53. The number of hydrogen-bond acceptors (Lipinski definition) is 11. The number of esters is 4. The Bertz CT molecular complexity index is 1070. The number of rotatable bonds is 7. The molecule has 5 atom stereocenters. The molecule has 0 unspecified atom stereocenters. The predicted octanol–water partition coefficient (Wildman–Crippen LogP) is 1.70. The second kappa shape index (κ2) is 10.9. The van der Waals surface area contributed by atoms with Crippen LogP contribution in [-0.2, 0) is 42.9 Å². The molecule has 2 heterocycles. The van der Waals surface area contributed by atoms with Gasteiger partial charge in [-0.25, -0.2) is 0 Å². The molecule has 182 valence electrons. The molecule has 0 spiro atoms. The topological polar surface area (TPSA) is 137 Å². The quantitative estimate of drug-likeness (QED) is 0.427. The Morgan fingerprint density at radius 1 is 0.794 bits per heavy atom. The van der Waals surface area contributed by atoms with Gasteiger partial charge >= 0.3 is 23.9 Å². The van der Waals surface area contributed by atoms with E-state index < -0.39 is 54.6 Å². The summed E-state index contributed by atoms with van der Waals surface area (Å²) in [6, 6.07) is 9.00. The maximum atomic E-state index is 11.9. The van der Waals surface area contributed by atoms with Crippen LogP contribution < -0.4 is 4.74 Å². The molecule has 0 saturated carbocycles. The number of benzene rings is 1. The van der Waals surface area contributed by atoms with Gasteiger partial charge < -0.3 is 28.4 Å². The van der Waals surface area contributed by atoms with Crippen LogP contribution in [0.15, 0.2) is 36.5 Å². The van der Waals surface area contributed by atoms with Crippen molar-refractivity contribution in [3.8, 4) is 5.75 Å². The van der Waals surface area contributed by atoms with Crippen molar-refractivity contribution < 1.29 is 47.6 Å². The molecule has 34 heavy (non-hydrogen) atoms. The highest BCUT2D eigenvalue weighted by molar-refractivity contribution is 5.84. The number of hydrogen-bond donors (Lipinski definition) is 0. The van der Waals surface area contributed by atoms with Crippen LogP contribution in [0.2, 0.25) is 0 Å². The molecule has 0 aliphatic carbocycles. The van der Waals surface area contributed by atoms with Gasteiger partial charge in [0.15, 0.2) is 12.2 Å². The fraction of sp³-hybridized carbons (Fsp3) is 0.435. The van der Waals surface area contributed by atoms with Gasteiger partial charge in [-0.05, 0) is 12.1 Å². The summed E-state index contributed by atoms with van der Waals surface area (Å²) in [5, 5.41) is 0.839. The van der Waals surface area contributed by atoms with Gasteiger partial charge in [0.05, 0.1) is 0 Å². The molecule has 1 aromatic heterocycles. The minimum absolute atomic E-state index is 0.198. The number of para-hydroxylation sites is 1. The van der Waals surface area contributed by atoms with Gasteiger partial charge in [0.2, 0.25) is 12.4 Å².